The third-order valence-corrected chi connectivity index (χ3v) is 5.50. The van der Waals surface area contributed by atoms with E-state index in [0.29, 0.717) is 24.0 Å². The summed E-state index contributed by atoms with van der Waals surface area (Å²) in [5, 5.41) is 10.0. The van der Waals surface area contributed by atoms with E-state index in [1.807, 2.05) is 6.92 Å². The molecule has 1 aliphatic carbocycles. The van der Waals surface area contributed by atoms with Crippen molar-refractivity contribution in [1.82, 2.24) is 0 Å². The van der Waals surface area contributed by atoms with Gasteiger partial charge in [0.1, 0.15) is 5.75 Å². The summed E-state index contributed by atoms with van der Waals surface area (Å²) in [6, 6.07) is 9.66. The number of carbonyl (C=O) groups excluding carboxylic acids is 1. The summed E-state index contributed by atoms with van der Waals surface area (Å²) < 4.78 is 29.4. The molecular formula is C18H18O5S. The Bertz CT molecular complexity index is 882. The first-order valence-corrected chi connectivity index (χ1v) is 9.12. The number of fused-ring (bicyclic) bond motifs is 1. The highest BCUT2D eigenvalue weighted by Gasteiger charge is 2.25. The van der Waals surface area contributed by atoms with Crippen molar-refractivity contribution in [2.24, 2.45) is 0 Å². The molecule has 0 spiro atoms. The molecule has 1 aliphatic rings. The van der Waals surface area contributed by atoms with Gasteiger partial charge >= 0.3 is 0 Å². The van der Waals surface area contributed by atoms with Gasteiger partial charge < -0.3 is 5.11 Å². The summed E-state index contributed by atoms with van der Waals surface area (Å²) in [5.74, 6) is -0.0161. The van der Waals surface area contributed by atoms with Crippen LogP contribution in [0.4, 0.5) is 0 Å². The lowest BCUT2D eigenvalue weighted by atomic mass is 9.99. The van der Waals surface area contributed by atoms with Gasteiger partial charge in [-0.05, 0) is 37.1 Å². The number of aromatic hydroxyl groups is 1. The zero-order chi connectivity index (χ0) is 17.3. The quantitative estimate of drug-likeness (QED) is 0.842. The molecule has 3 rings (SSSR count). The Labute approximate surface area is 141 Å². The van der Waals surface area contributed by atoms with E-state index >= 15 is 0 Å². The molecule has 2 aromatic carbocycles. The minimum Gasteiger partial charge on any atom is -0.508 e. The average molecular weight is 346 g/mol. The standard InChI is InChI=1S/C18H18O5S/c1-12-2-6-14(7-3-12)24(21,22)23-11-10-15-16(19)8-4-13-5-9-17(20)18(13)15/h2-4,6-8,19H,5,9-11H2,1H3. The van der Waals surface area contributed by atoms with Crippen molar-refractivity contribution in [3.05, 3.63) is 58.7 Å². The molecule has 0 atom stereocenters. The highest BCUT2D eigenvalue weighted by Crippen LogP contribution is 2.31. The predicted octanol–water partition coefficient (Wildman–Crippen LogP) is 2.78. The topological polar surface area (TPSA) is 80.7 Å². The maximum atomic E-state index is 12.2. The van der Waals surface area contributed by atoms with Crippen LogP contribution in [0.25, 0.3) is 0 Å². The van der Waals surface area contributed by atoms with Crippen LogP contribution in [0.1, 0.15) is 33.5 Å². The van der Waals surface area contributed by atoms with Gasteiger partial charge in [-0.2, -0.15) is 8.42 Å². The van der Waals surface area contributed by atoms with E-state index in [1.165, 1.54) is 12.1 Å². The number of rotatable bonds is 5. The molecule has 0 saturated carbocycles. The Hall–Kier alpha value is -2.18. The minimum atomic E-state index is -3.85. The van der Waals surface area contributed by atoms with Crippen LogP contribution in [0.15, 0.2) is 41.3 Å². The second-order valence-corrected chi connectivity index (χ2v) is 7.48. The fourth-order valence-electron chi connectivity index (χ4n) is 2.89. The van der Waals surface area contributed by atoms with Crippen LogP contribution in [-0.4, -0.2) is 25.9 Å². The summed E-state index contributed by atoms with van der Waals surface area (Å²) >= 11 is 0. The fraction of sp³-hybridized carbons (Fsp3) is 0.278. The van der Waals surface area contributed by atoms with Crippen LogP contribution >= 0.6 is 0 Å². The van der Waals surface area contributed by atoms with E-state index in [4.69, 9.17) is 4.18 Å². The molecule has 0 aliphatic heterocycles. The molecule has 6 heteroatoms. The first-order chi connectivity index (χ1) is 11.4. The number of phenols is 1. The molecule has 24 heavy (non-hydrogen) atoms. The Morgan fingerprint density at radius 3 is 2.50 bits per heavy atom. The predicted molar refractivity (Wildman–Crippen MR) is 88.8 cm³/mol. The summed E-state index contributed by atoms with van der Waals surface area (Å²) in [4.78, 5) is 12.1. The summed E-state index contributed by atoms with van der Waals surface area (Å²) in [6.07, 6.45) is 1.24. The minimum absolute atomic E-state index is 0.000309. The second kappa shape index (κ2) is 6.37. The number of hydrogen-bond acceptors (Lipinski definition) is 5. The van der Waals surface area contributed by atoms with E-state index in [2.05, 4.69) is 0 Å². The molecule has 2 aromatic rings. The molecular weight excluding hydrogens is 328 g/mol. The first kappa shape index (κ1) is 16.7. The van der Waals surface area contributed by atoms with E-state index in [0.717, 1.165) is 11.1 Å². The molecule has 0 amide bonds. The maximum Gasteiger partial charge on any atom is 0.296 e. The number of phenolic OH excluding ortho intramolecular Hbond substituents is 1. The number of aryl methyl sites for hydroxylation is 2. The van der Waals surface area contributed by atoms with Crippen LogP contribution in [0.2, 0.25) is 0 Å². The highest BCUT2D eigenvalue weighted by molar-refractivity contribution is 7.86. The van der Waals surface area contributed by atoms with Crippen LogP contribution in [0, 0.1) is 6.92 Å². The smallest absolute Gasteiger partial charge is 0.296 e. The number of carbonyl (C=O) groups is 1. The normalized spacial score (nSPS) is 14.0. The highest BCUT2D eigenvalue weighted by atomic mass is 32.2. The lowest BCUT2D eigenvalue weighted by molar-refractivity contribution is 0.0993. The molecule has 0 radical (unpaired) electrons. The van der Waals surface area contributed by atoms with Crippen molar-refractivity contribution in [3.63, 3.8) is 0 Å². The van der Waals surface area contributed by atoms with Gasteiger partial charge in [-0.15, -0.1) is 0 Å². The Morgan fingerprint density at radius 2 is 1.79 bits per heavy atom. The summed E-state index contributed by atoms with van der Waals surface area (Å²) in [6.45, 7) is 1.74. The van der Waals surface area contributed by atoms with Gasteiger partial charge in [-0.1, -0.05) is 23.8 Å². The third kappa shape index (κ3) is 3.20. The monoisotopic (exact) mass is 346 g/mol. The van der Waals surface area contributed by atoms with Gasteiger partial charge in [-0.25, -0.2) is 0 Å². The molecule has 0 aromatic heterocycles. The van der Waals surface area contributed by atoms with Crippen LogP contribution in [0.5, 0.6) is 5.75 Å². The van der Waals surface area contributed by atoms with Crippen molar-refractivity contribution < 1.29 is 22.5 Å². The van der Waals surface area contributed by atoms with Crippen molar-refractivity contribution >= 4 is 15.9 Å². The van der Waals surface area contributed by atoms with Crippen molar-refractivity contribution in [3.8, 4) is 5.75 Å². The molecule has 5 nitrogen and oxygen atoms in total. The van der Waals surface area contributed by atoms with Crippen LogP contribution < -0.4 is 0 Å². The second-order valence-electron chi connectivity index (χ2n) is 5.86. The van der Waals surface area contributed by atoms with Crippen LogP contribution in [-0.2, 0) is 27.1 Å². The van der Waals surface area contributed by atoms with E-state index in [-0.39, 0.29) is 29.5 Å². The zero-order valence-corrected chi connectivity index (χ0v) is 14.1. The fourth-order valence-corrected chi connectivity index (χ4v) is 3.80. The van der Waals surface area contributed by atoms with Crippen molar-refractivity contribution in [1.29, 1.82) is 0 Å². The van der Waals surface area contributed by atoms with Gasteiger partial charge in [0.05, 0.1) is 11.5 Å². The molecule has 0 heterocycles. The molecule has 0 bridgehead atoms. The third-order valence-electron chi connectivity index (χ3n) is 4.17. The summed E-state index contributed by atoms with van der Waals surface area (Å²) in [7, 11) is -3.85. The number of ketones is 1. The first-order valence-electron chi connectivity index (χ1n) is 7.71. The largest absolute Gasteiger partial charge is 0.508 e. The molecule has 0 fully saturated rings. The Balaban J connectivity index is 1.75. The number of hydrogen-bond donors (Lipinski definition) is 1. The number of Topliss-reactive ketones (excluding diaryl/α,β-unsaturated/α-hetero) is 1. The van der Waals surface area contributed by atoms with E-state index in [9.17, 15) is 18.3 Å². The van der Waals surface area contributed by atoms with E-state index < -0.39 is 10.1 Å². The van der Waals surface area contributed by atoms with Gasteiger partial charge in [0.25, 0.3) is 10.1 Å². The van der Waals surface area contributed by atoms with E-state index in [1.54, 1.807) is 24.3 Å². The molecule has 1 N–H and O–H groups in total. The average Bonchev–Trinajstić information content (AvgIpc) is 2.91. The van der Waals surface area contributed by atoms with Crippen molar-refractivity contribution in [2.75, 3.05) is 6.61 Å². The van der Waals surface area contributed by atoms with Gasteiger partial charge in [0, 0.05) is 24.0 Å². The van der Waals surface area contributed by atoms with Gasteiger partial charge in [-0.3, -0.25) is 8.98 Å². The number of benzene rings is 2. The zero-order valence-electron chi connectivity index (χ0n) is 13.3. The lowest BCUT2D eigenvalue weighted by Gasteiger charge is -2.11. The SMILES string of the molecule is Cc1ccc(S(=O)(=O)OCCc2c(O)ccc3c2C(=O)CC3)cc1. The molecule has 0 unspecified atom stereocenters. The maximum absolute atomic E-state index is 12.2. The lowest BCUT2D eigenvalue weighted by Crippen LogP contribution is -2.11. The Kier molecular flexibility index (Phi) is 4.43. The van der Waals surface area contributed by atoms with Crippen LogP contribution in [0.3, 0.4) is 0 Å². The van der Waals surface area contributed by atoms with Crippen molar-refractivity contribution in [2.45, 2.75) is 31.1 Å². The summed E-state index contributed by atoms with van der Waals surface area (Å²) in [5.41, 5.74) is 2.84. The molecule has 126 valence electrons. The van der Waals surface area contributed by atoms with Gasteiger partial charge in [0.2, 0.25) is 0 Å². The van der Waals surface area contributed by atoms with Gasteiger partial charge in [0.15, 0.2) is 5.78 Å². The molecule has 0 saturated heterocycles. The Morgan fingerprint density at radius 1 is 1.08 bits per heavy atom.